The predicted octanol–water partition coefficient (Wildman–Crippen LogP) is 2.11. The summed E-state index contributed by atoms with van der Waals surface area (Å²) in [5, 5.41) is 7.59. The van der Waals surface area contributed by atoms with Crippen molar-refractivity contribution in [2.24, 2.45) is 5.92 Å². The van der Waals surface area contributed by atoms with E-state index in [0.29, 0.717) is 5.92 Å². The van der Waals surface area contributed by atoms with Crippen LogP contribution < -0.4 is 5.32 Å². The molecule has 1 N–H and O–H groups in total. The van der Waals surface area contributed by atoms with Crippen LogP contribution in [0.15, 0.2) is 36.8 Å². The summed E-state index contributed by atoms with van der Waals surface area (Å²) < 4.78 is 7.11. The normalized spacial score (nSPS) is 16.4. The average molecular weight is 258 g/mol. The van der Waals surface area contributed by atoms with Crippen molar-refractivity contribution in [2.45, 2.75) is 12.8 Å². The molecule has 2 aromatic heterocycles. The Bertz CT molecular complexity index is 489. The van der Waals surface area contributed by atoms with Crippen LogP contribution in [-0.4, -0.2) is 34.5 Å². The van der Waals surface area contributed by atoms with Gasteiger partial charge < -0.3 is 10.1 Å². The Morgan fingerprint density at radius 1 is 1.32 bits per heavy atom. The van der Waals surface area contributed by atoms with Gasteiger partial charge in [0.15, 0.2) is 5.82 Å². The molecule has 0 unspecified atom stereocenters. The van der Waals surface area contributed by atoms with Crippen molar-refractivity contribution < 1.29 is 4.74 Å². The Morgan fingerprint density at radius 3 is 2.89 bits per heavy atom. The molecule has 2 aromatic rings. The zero-order valence-electron chi connectivity index (χ0n) is 10.8. The van der Waals surface area contributed by atoms with E-state index in [1.165, 1.54) is 0 Å². The molecule has 0 bridgehead atoms. The van der Waals surface area contributed by atoms with Crippen LogP contribution in [0.1, 0.15) is 12.8 Å². The summed E-state index contributed by atoms with van der Waals surface area (Å²) in [6, 6.07) is 5.90. The van der Waals surface area contributed by atoms with Crippen molar-refractivity contribution in [3.05, 3.63) is 36.8 Å². The molecule has 3 rings (SSSR count). The van der Waals surface area contributed by atoms with Crippen LogP contribution >= 0.6 is 0 Å². The van der Waals surface area contributed by atoms with Gasteiger partial charge in [-0.15, -0.1) is 0 Å². The second-order valence-corrected chi connectivity index (χ2v) is 4.79. The van der Waals surface area contributed by atoms with Gasteiger partial charge in [-0.3, -0.25) is 0 Å². The van der Waals surface area contributed by atoms with E-state index < -0.39 is 0 Å². The molecule has 19 heavy (non-hydrogen) atoms. The summed E-state index contributed by atoms with van der Waals surface area (Å²) in [5.74, 6) is 1.54. The lowest BCUT2D eigenvalue weighted by atomic mass is 10.0. The highest BCUT2D eigenvalue weighted by Gasteiger charge is 2.13. The fraction of sp³-hybridized carbons (Fsp3) is 0.429. The molecule has 1 aliphatic rings. The molecule has 3 heterocycles. The summed E-state index contributed by atoms with van der Waals surface area (Å²) in [7, 11) is 0. The maximum absolute atomic E-state index is 5.36. The van der Waals surface area contributed by atoms with Gasteiger partial charge in [0.25, 0.3) is 0 Å². The van der Waals surface area contributed by atoms with Crippen LogP contribution in [0, 0.1) is 5.92 Å². The number of nitrogens with zero attached hydrogens (tertiary/aromatic N) is 3. The number of nitrogens with one attached hydrogen (secondary N) is 1. The maximum atomic E-state index is 5.36. The minimum absolute atomic E-state index is 0.708. The lowest BCUT2D eigenvalue weighted by molar-refractivity contribution is 0.0699. The van der Waals surface area contributed by atoms with E-state index in [2.05, 4.69) is 15.4 Å². The molecule has 100 valence electrons. The summed E-state index contributed by atoms with van der Waals surface area (Å²) in [5.41, 5.74) is 1.06. The van der Waals surface area contributed by atoms with Gasteiger partial charge >= 0.3 is 0 Å². The number of hydrogen-bond donors (Lipinski definition) is 1. The minimum Gasteiger partial charge on any atom is -0.384 e. The highest BCUT2D eigenvalue weighted by molar-refractivity contribution is 5.43. The highest BCUT2D eigenvalue weighted by atomic mass is 16.5. The lowest BCUT2D eigenvalue weighted by Gasteiger charge is -2.22. The third-order valence-electron chi connectivity index (χ3n) is 3.42. The molecule has 0 aromatic carbocycles. The quantitative estimate of drug-likeness (QED) is 0.912. The highest BCUT2D eigenvalue weighted by Crippen LogP contribution is 2.16. The van der Waals surface area contributed by atoms with Crippen LogP contribution in [0.2, 0.25) is 0 Å². The van der Waals surface area contributed by atoms with E-state index in [0.717, 1.165) is 44.1 Å². The van der Waals surface area contributed by atoms with E-state index in [9.17, 15) is 0 Å². The number of pyridine rings is 1. The molecule has 5 heteroatoms. The first-order valence-electron chi connectivity index (χ1n) is 6.69. The smallest absolute Gasteiger partial charge is 0.153 e. The van der Waals surface area contributed by atoms with Gasteiger partial charge in [0.2, 0.25) is 0 Å². The molecule has 5 nitrogen and oxygen atoms in total. The standard InChI is InChI=1S/C14H18N4O/c1-6-17-18(7-1)14-3-2-13(11-16-14)15-10-12-4-8-19-9-5-12/h1-3,6-7,11-12,15H,4-5,8-10H2. The topological polar surface area (TPSA) is 52.0 Å². The summed E-state index contributed by atoms with van der Waals surface area (Å²) >= 11 is 0. The monoisotopic (exact) mass is 258 g/mol. The summed E-state index contributed by atoms with van der Waals surface area (Å²) in [4.78, 5) is 4.40. The number of anilines is 1. The van der Waals surface area contributed by atoms with E-state index in [1.807, 2.05) is 30.6 Å². The Balaban J connectivity index is 1.57. The van der Waals surface area contributed by atoms with Gasteiger partial charge in [0, 0.05) is 32.2 Å². The van der Waals surface area contributed by atoms with Crippen LogP contribution in [0.3, 0.4) is 0 Å². The lowest BCUT2D eigenvalue weighted by Crippen LogP contribution is -2.22. The predicted molar refractivity (Wildman–Crippen MR) is 73.4 cm³/mol. The molecule has 0 amide bonds. The van der Waals surface area contributed by atoms with Crippen molar-refractivity contribution in [3.63, 3.8) is 0 Å². The Hall–Kier alpha value is -1.88. The van der Waals surface area contributed by atoms with Gasteiger partial charge in [0.05, 0.1) is 11.9 Å². The van der Waals surface area contributed by atoms with Gasteiger partial charge in [-0.1, -0.05) is 0 Å². The second-order valence-electron chi connectivity index (χ2n) is 4.79. The molecule has 1 saturated heterocycles. The summed E-state index contributed by atoms with van der Waals surface area (Å²) in [6.45, 7) is 2.78. The Morgan fingerprint density at radius 2 is 2.21 bits per heavy atom. The average Bonchev–Trinajstić information content (AvgIpc) is 3.01. The number of aromatic nitrogens is 3. The number of hydrogen-bond acceptors (Lipinski definition) is 4. The van der Waals surface area contributed by atoms with Crippen molar-refractivity contribution in [1.29, 1.82) is 0 Å². The van der Waals surface area contributed by atoms with Crippen LogP contribution in [0.5, 0.6) is 0 Å². The van der Waals surface area contributed by atoms with Gasteiger partial charge in [-0.25, -0.2) is 9.67 Å². The van der Waals surface area contributed by atoms with E-state index in [1.54, 1.807) is 10.9 Å². The van der Waals surface area contributed by atoms with E-state index in [4.69, 9.17) is 4.74 Å². The molecule has 1 aliphatic heterocycles. The fourth-order valence-corrected chi connectivity index (χ4v) is 2.24. The molecule has 0 saturated carbocycles. The third kappa shape index (κ3) is 3.12. The van der Waals surface area contributed by atoms with Crippen molar-refractivity contribution in [1.82, 2.24) is 14.8 Å². The van der Waals surface area contributed by atoms with Gasteiger partial charge in [-0.05, 0) is 37.0 Å². The van der Waals surface area contributed by atoms with Crippen LogP contribution in [0.4, 0.5) is 5.69 Å². The van der Waals surface area contributed by atoms with Crippen molar-refractivity contribution in [3.8, 4) is 5.82 Å². The maximum Gasteiger partial charge on any atom is 0.153 e. The van der Waals surface area contributed by atoms with E-state index >= 15 is 0 Å². The molecule has 1 fully saturated rings. The zero-order valence-corrected chi connectivity index (χ0v) is 10.8. The molecular formula is C14H18N4O. The molecule has 0 radical (unpaired) electrons. The summed E-state index contributed by atoms with van der Waals surface area (Å²) in [6.07, 6.45) is 7.78. The van der Waals surface area contributed by atoms with Crippen LogP contribution in [-0.2, 0) is 4.74 Å². The third-order valence-corrected chi connectivity index (χ3v) is 3.42. The number of rotatable bonds is 4. The number of ether oxygens (including phenoxy) is 1. The van der Waals surface area contributed by atoms with Crippen molar-refractivity contribution in [2.75, 3.05) is 25.1 Å². The Labute approximate surface area is 112 Å². The van der Waals surface area contributed by atoms with Gasteiger partial charge in [0.1, 0.15) is 0 Å². The zero-order chi connectivity index (χ0) is 12.9. The molecule has 0 aliphatic carbocycles. The van der Waals surface area contributed by atoms with Crippen LogP contribution in [0.25, 0.3) is 5.82 Å². The Kier molecular flexibility index (Phi) is 3.74. The SMILES string of the molecule is c1cnn(-c2ccc(NCC3CCOCC3)cn2)c1. The van der Waals surface area contributed by atoms with Gasteiger partial charge in [-0.2, -0.15) is 5.10 Å². The minimum atomic E-state index is 0.708. The van der Waals surface area contributed by atoms with Crippen molar-refractivity contribution >= 4 is 5.69 Å². The molecular weight excluding hydrogens is 240 g/mol. The molecule has 0 atom stereocenters. The largest absolute Gasteiger partial charge is 0.384 e. The first-order valence-corrected chi connectivity index (χ1v) is 6.69. The first kappa shape index (κ1) is 12.2. The molecule has 0 spiro atoms. The van der Waals surface area contributed by atoms with E-state index in [-0.39, 0.29) is 0 Å². The second kappa shape index (κ2) is 5.84. The fourth-order valence-electron chi connectivity index (χ4n) is 2.24. The first-order chi connectivity index (χ1) is 9.42.